The Hall–Kier alpha value is -0.860. The highest BCUT2D eigenvalue weighted by Crippen LogP contribution is 2.39. The topological polar surface area (TPSA) is 15.3 Å². The van der Waals surface area contributed by atoms with Crippen LogP contribution in [-0.4, -0.2) is 30.1 Å². The van der Waals surface area contributed by atoms with Crippen molar-refractivity contribution in [1.82, 2.24) is 10.2 Å². The fraction of sp³-hybridized carbons (Fsp3) is 0.571. The highest BCUT2D eigenvalue weighted by atomic mass is 15.3. The van der Waals surface area contributed by atoms with Gasteiger partial charge in [0.25, 0.3) is 0 Å². The summed E-state index contributed by atoms with van der Waals surface area (Å²) in [5.41, 5.74) is 1.95. The van der Waals surface area contributed by atoms with Gasteiger partial charge >= 0.3 is 0 Å². The summed E-state index contributed by atoms with van der Waals surface area (Å²) in [5.74, 6) is 0. The molecule has 0 atom stereocenters. The third-order valence-electron chi connectivity index (χ3n) is 4.18. The van der Waals surface area contributed by atoms with Crippen molar-refractivity contribution in [2.75, 3.05) is 19.6 Å². The number of rotatable bonds is 2. The molecule has 0 radical (unpaired) electrons. The van der Waals surface area contributed by atoms with Gasteiger partial charge in [0.1, 0.15) is 0 Å². The van der Waals surface area contributed by atoms with Crippen molar-refractivity contribution < 1.29 is 0 Å². The molecule has 16 heavy (non-hydrogen) atoms. The average Bonchev–Trinajstić information content (AvgIpc) is 2.29. The van der Waals surface area contributed by atoms with Gasteiger partial charge in [-0.15, -0.1) is 0 Å². The average molecular weight is 216 g/mol. The van der Waals surface area contributed by atoms with E-state index in [1.165, 1.54) is 37.9 Å². The van der Waals surface area contributed by atoms with Crippen LogP contribution in [0.4, 0.5) is 0 Å². The molecule has 1 heterocycles. The van der Waals surface area contributed by atoms with E-state index in [-0.39, 0.29) is 0 Å². The molecule has 1 aromatic rings. The highest BCUT2D eigenvalue weighted by Gasteiger charge is 2.43. The molecule has 2 heteroatoms. The molecule has 2 nitrogen and oxygen atoms in total. The van der Waals surface area contributed by atoms with E-state index in [4.69, 9.17) is 0 Å². The molecule has 2 aliphatic rings. The minimum atomic E-state index is 0.494. The van der Waals surface area contributed by atoms with Crippen LogP contribution < -0.4 is 5.32 Å². The van der Waals surface area contributed by atoms with Crippen molar-refractivity contribution in [3.63, 3.8) is 0 Å². The van der Waals surface area contributed by atoms with Crippen molar-refractivity contribution in [1.29, 1.82) is 0 Å². The predicted molar refractivity (Wildman–Crippen MR) is 66.3 cm³/mol. The second-order valence-corrected chi connectivity index (χ2v) is 5.16. The smallest absolute Gasteiger partial charge is 0.0338 e. The van der Waals surface area contributed by atoms with Crippen molar-refractivity contribution >= 4 is 0 Å². The van der Waals surface area contributed by atoms with E-state index >= 15 is 0 Å². The molecule has 1 spiro atoms. The molecular weight excluding hydrogens is 196 g/mol. The maximum absolute atomic E-state index is 3.55. The Morgan fingerprint density at radius 2 is 2.00 bits per heavy atom. The molecule has 0 bridgehead atoms. The third-order valence-corrected chi connectivity index (χ3v) is 4.18. The van der Waals surface area contributed by atoms with Crippen molar-refractivity contribution in [3.05, 3.63) is 35.9 Å². The molecule has 1 saturated carbocycles. The quantitative estimate of drug-likeness (QED) is 0.813. The zero-order valence-electron chi connectivity index (χ0n) is 9.78. The zero-order chi connectivity index (χ0) is 10.8. The lowest BCUT2D eigenvalue weighted by molar-refractivity contribution is -0.0103. The fourth-order valence-corrected chi connectivity index (χ4v) is 3.01. The second kappa shape index (κ2) is 4.19. The molecule has 3 rings (SSSR count). The summed E-state index contributed by atoms with van der Waals surface area (Å²) >= 11 is 0. The molecule has 1 aliphatic carbocycles. The van der Waals surface area contributed by atoms with Crippen LogP contribution in [0.25, 0.3) is 0 Å². The molecule has 0 amide bonds. The summed E-state index contributed by atoms with van der Waals surface area (Å²) in [4.78, 5) is 2.70. The number of hydrogen-bond donors (Lipinski definition) is 1. The van der Waals surface area contributed by atoms with Gasteiger partial charge in [0, 0.05) is 31.7 Å². The standard InChI is InChI=1S/C14H20N2/c1-2-5-13(6-3-1)11-16-10-9-15-12-14(16)7-4-8-14/h1-3,5-6,15H,4,7-12H2. The number of hydrogen-bond acceptors (Lipinski definition) is 2. The molecule has 2 fully saturated rings. The molecule has 1 saturated heterocycles. The van der Waals surface area contributed by atoms with Gasteiger partial charge in [0.15, 0.2) is 0 Å². The Kier molecular flexibility index (Phi) is 2.70. The maximum atomic E-state index is 3.55. The van der Waals surface area contributed by atoms with Gasteiger partial charge in [-0.3, -0.25) is 4.90 Å². The Balaban J connectivity index is 1.73. The fourth-order valence-electron chi connectivity index (χ4n) is 3.01. The highest BCUT2D eigenvalue weighted by molar-refractivity contribution is 5.16. The number of nitrogens with one attached hydrogen (secondary N) is 1. The first-order chi connectivity index (χ1) is 7.89. The van der Waals surface area contributed by atoms with E-state index in [1.54, 1.807) is 0 Å². The molecule has 1 N–H and O–H groups in total. The van der Waals surface area contributed by atoms with Crippen LogP contribution in [0, 0.1) is 0 Å². The van der Waals surface area contributed by atoms with Gasteiger partial charge in [-0.25, -0.2) is 0 Å². The summed E-state index contributed by atoms with van der Waals surface area (Å²) in [6.45, 7) is 4.67. The summed E-state index contributed by atoms with van der Waals surface area (Å²) in [6, 6.07) is 10.9. The molecule has 0 unspecified atom stereocenters. The molecule has 1 aromatic carbocycles. The van der Waals surface area contributed by atoms with Crippen LogP contribution in [0.15, 0.2) is 30.3 Å². The Labute approximate surface area is 97.6 Å². The minimum Gasteiger partial charge on any atom is -0.314 e. The van der Waals surface area contributed by atoms with E-state index in [2.05, 4.69) is 40.5 Å². The molecular formula is C14H20N2. The first-order valence-electron chi connectivity index (χ1n) is 6.39. The van der Waals surface area contributed by atoms with Gasteiger partial charge in [0.05, 0.1) is 0 Å². The molecule has 86 valence electrons. The van der Waals surface area contributed by atoms with Gasteiger partial charge in [-0.1, -0.05) is 30.3 Å². The van der Waals surface area contributed by atoms with E-state index in [0.29, 0.717) is 5.54 Å². The van der Waals surface area contributed by atoms with E-state index in [1.807, 2.05) is 0 Å². The zero-order valence-corrected chi connectivity index (χ0v) is 9.78. The largest absolute Gasteiger partial charge is 0.314 e. The van der Waals surface area contributed by atoms with Gasteiger partial charge in [-0.05, 0) is 24.8 Å². The third kappa shape index (κ3) is 1.76. The minimum absolute atomic E-state index is 0.494. The predicted octanol–water partition coefficient (Wildman–Crippen LogP) is 2.01. The first-order valence-corrected chi connectivity index (χ1v) is 6.39. The summed E-state index contributed by atoms with van der Waals surface area (Å²) in [6.07, 6.45) is 4.17. The van der Waals surface area contributed by atoms with Crippen molar-refractivity contribution in [3.8, 4) is 0 Å². The van der Waals surface area contributed by atoms with Gasteiger partial charge in [-0.2, -0.15) is 0 Å². The lowest BCUT2D eigenvalue weighted by Crippen LogP contribution is -2.64. The van der Waals surface area contributed by atoms with Crippen molar-refractivity contribution in [2.45, 2.75) is 31.3 Å². The van der Waals surface area contributed by atoms with Gasteiger partial charge in [0.2, 0.25) is 0 Å². The first kappa shape index (κ1) is 10.3. The SMILES string of the molecule is c1ccc(CN2CCNCC23CCC3)cc1. The van der Waals surface area contributed by atoms with Crippen molar-refractivity contribution in [2.24, 2.45) is 0 Å². The van der Waals surface area contributed by atoms with E-state index in [0.717, 1.165) is 13.1 Å². The Morgan fingerprint density at radius 1 is 1.19 bits per heavy atom. The monoisotopic (exact) mass is 216 g/mol. The van der Waals surface area contributed by atoms with Crippen LogP contribution in [0.1, 0.15) is 24.8 Å². The van der Waals surface area contributed by atoms with Crippen LogP contribution in [-0.2, 0) is 6.54 Å². The van der Waals surface area contributed by atoms with Crippen LogP contribution in [0.5, 0.6) is 0 Å². The second-order valence-electron chi connectivity index (χ2n) is 5.16. The number of nitrogens with zero attached hydrogens (tertiary/aromatic N) is 1. The van der Waals surface area contributed by atoms with Gasteiger partial charge < -0.3 is 5.32 Å². The van der Waals surface area contributed by atoms with Crippen LogP contribution >= 0.6 is 0 Å². The summed E-state index contributed by atoms with van der Waals surface area (Å²) in [7, 11) is 0. The van der Waals surface area contributed by atoms with E-state index < -0.39 is 0 Å². The number of piperazine rings is 1. The van der Waals surface area contributed by atoms with Crippen LogP contribution in [0.2, 0.25) is 0 Å². The van der Waals surface area contributed by atoms with E-state index in [9.17, 15) is 0 Å². The molecule has 0 aromatic heterocycles. The normalized spacial score (nSPS) is 24.2. The summed E-state index contributed by atoms with van der Waals surface area (Å²) in [5, 5.41) is 3.55. The maximum Gasteiger partial charge on any atom is 0.0338 e. The Bertz CT molecular complexity index is 343. The number of benzene rings is 1. The lowest BCUT2D eigenvalue weighted by atomic mass is 9.74. The Morgan fingerprint density at radius 3 is 2.69 bits per heavy atom. The summed E-state index contributed by atoms with van der Waals surface area (Å²) < 4.78 is 0. The lowest BCUT2D eigenvalue weighted by Gasteiger charge is -2.53. The van der Waals surface area contributed by atoms with Crippen LogP contribution in [0.3, 0.4) is 0 Å². The molecule has 1 aliphatic heterocycles.